The van der Waals surface area contributed by atoms with E-state index in [9.17, 15) is 14.7 Å². The molecule has 1 aliphatic heterocycles. The van der Waals surface area contributed by atoms with Gasteiger partial charge in [-0.05, 0) is 55.2 Å². The number of benzene rings is 2. The molecule has 0 bridgehead atoms. The lowest BCUT2D eigenvalue weighted by molar-refractivity contribution is 0.0998. The van der Waals surface area contributed by atoms with Crippen LogP contribution in [-0.4, -0.2) is 34.6 Å². The maximum atomic E-state index is 12.4. The summed E-state index contributed by atoms with van der Waals surface area (Å²) < 4.78 is 6.07. The van der Waals surface area contributed by atoms with Gasteiger partial charge in [-0.2, -0.15) is 0 Å². The van der Waals surface area contributed by atoms with Crippen LogP contribution in [0.1, 0.15) is 28.8 Å². The predicted molar refractivity (Wildman–Crippen MR) is 111 cm³/mol. The molecule has 3 aromatic rings. The summed E-state index contributed by atoms with van der Waals surface area (Å²) in [5.74, 6) is 0.149. The number of primary amides is 1. The van der Waals surface area contributed by atoms with Crippen molar-refractivity contribution in [3.8, 4) is 17.2 Å². The lowest BCUT2D eigenvalue weighted by atomic mass is 10.1. The summed E-state index contributed by atoms with van der Waals surface area (Å²) in [6, 6.07) is 10.4. The number of hydrogen-bond donors (Lipinski definition) is 3. The number of nitrogens with two attached hydrogens (primary N) is 1. The van der Waals surface area contributed by atoms with Gasteiger partial charge in [0.2, 0.25) is 0 Å². The normalized spacial score (nSPS) is 15.1. The molecule has 0 unspecified atom stereocenters. The Hall–Kier alpha value is -3.81. The number of anilines is 1. The van der Waals surface area contributed by atoms with E-state index in [4.69, 9.17) is 10.5 Å². The first-order valence-corrected chi connectivity index (χ1v) is 9.80. The largest absolute Gasteiger partial charge is 0.507 e. The highest BCUT2D eigenvalue weighted by molar-refractivity contribution is 6.01. The standard InChI is InChI=1S/C22H20N4O4/c23-21(28)16-10-15-17(11-19(16)27)24-7-5-20(15)30-14-3-4-18-12(9-14)6-8-26(18)22(29)25-13-1-2-13/h3-5,7,9-11,13,27H,1-2,6,8H2,(H2,23,28)(H,25,29). The van der Waals surface area contributed by atoms with Crippen LogP contribution >= 0.6 is 0 Å². The van der Waals surface area contributed by atoms with Gasteiger partial charge in [-0.3, -0.25) is 14.7 Å². The summed E-state index contributed by atoms with van der Waals surface area (Å²) in [5.41, 5.74) is 7.76. The number of rotatable bonds is 4. The Morgan fingerprint density at radius 1 is 1.20 bits per heavy atom. The summed E-state index contributed by atoms with van der Waals surface area (Å²) in [6.45, 7) is 0.636. The van der Waals surface area contributed by atoms with Gasteiger partial charge in [-0.1, -0.05) is 0 Å². The number of pyridine rings is 1. The van der Waals surface area contributed by atoms with Crippen LogP contribution in [0, 0.1) is 0 Å². The topological polar surface area (TPSA) is 118 Å². The number of phenols is 1. The fourth-order valence-corrected chi connectivity index (χ4v) is 3.70. The van der Waals surface area contributed by atoms with Crippen molar-refractivity contribution in [1.29, 1.82) is 0 Å². The van der Waals surface area contributed by atoms with Gasteiger partial charge >= 0.3 is 6.03 Å². The van der Waals surface area contributed by atoms with Crippen molar-refractivity contribution in [1.82, 2.24) is 10.3 Å². The molecule has 0 radical (unpaired) electrons. The van der Waals surface area contributed by atoms with E-state index < -0.39 is 5.91 Å². The van der Waals surface area contributed by atoms with Crippen molar-refractivity contribution in [3.05, 3.63) is 53.7 Å². The SMILES string of the molecule is NC(=O)c1cc2c(Oc3ccc4c(c3)CCN4C(=O)NC3CC3)ccnc2cc1O. The van der Waals surface area contributed by atoms with Gasteiger partial charge in [0.25, 0.3) is 5.91 Å². The Bertz CT molecular complexity index is 1190. The predicted octanol–water partition coefficient (Wildman–Crippen LogP) is 3.07. The maximum Gasteiger partial charge on any atom is 0.322 e. The van der Waals surface area contributed by atoms with Gasteiger partial charge in [0.1, 0.15) is 17.2 Å². The fourth-order valence-electron chi connectivity index (χ4n) is 3.70. The number of fused-ring (bicyclic) bond motifs is 2. The van der Waals surface area contributed by atoms with Crippen molar-refractivity contribution in [2.45, 2.75) is 25.3 Å². The molecular weight excluding hydrogens is 384 g/mol. The van der Waals surface area contributed by atoms with E-state index in [-0.39, 0.29) is 17.3 Å². The van der Waals surface area contributed by atoms with Crippen LogP contribution in [0.2, 0.25) is 0 Å². The van der Waals surface area contributed by atoms with Crippen molar-refractivity contribution in [2.24, 2.45) is 5.73 Å². The zero-order valence-corrected chi connectivity index (χ0v) is 16.1. The molecule has 0 saturated heterocycles. The summed E-state index contributed by atoms with van der Waals surface area (Å²) in [5, 5.41) is 13.6. The number of aromatic hydroxyl groups is 1. The summed E-state index contributed by atoms with van der Waals surface area (Å²) in [7, 11) is 0. The first-order chi connectivity index (χ1) is 14.5. The molecule has 8 heteroatoms. The first-order valence-electron chi connectivity index (χ1n) is 9.80. The lowest BCUT2D eigenvalue weighted by Crippen LogP contribution is -2.40. The summed E-state index contributed by atoms with van der Waals surface area (Å²) in [4.78, 5) is 30.0. The van der Waals surface area contributed by atoms with Gasteiger partial charge < -0.3 is 20.9 Å². The first kappa shape index (κ1) is 18.2. The van der Waals surface area contributed by atoms with Gasteiger partial charge in [0.15, 0.2) is 0 Å². The third-order valence-corrected chi connectivity index (χ3v) is 5.41. The quantitative estimate of drug-likeness (QED) is 0.618. The van der Waals surface area contributed by atoms with Gasteiger partial charge in [-0.15, -0.1) is 0 Å². The van der Waals surface area contributed by atoms with Crippen molar-refractivity contribution in [2.75, 3.05) is 11.4 Å². The van der Waals surface area contributed by atoms with Crippen molar-refractivity contribution < 1.29 is 19.4 Å². The number of carbonyl (C=O) groups excluding carboxylic acids is 2. The minimum absolute atomic E-state index is 0.00613. The zero-order valence-electron chi connectivity index (χ0n) is 16.1. The Morgan fingerprint density at radius 3 is 2.80 bits per heavy atom. The smallest absolute Gasteiger partial charge is 0.322 e. The molecule has 0 spiro atoms. The molecule has 1 fully saturated rings. The van der Waals surface area contributed by atoms with E-state index in [0.29, 0.717) is 35.0 Å². The molecule has 2 heterocycles. The number of carbonyl (C=O) groups is 2. The highest BCUT2D eigenvalue weighted by Crippen LogP contribution is 2.36. The number of urea groups is 1. The second kappa shape index (κ2) is 6.91. The molecule has 30 heavy (non-hydrogen) atoms. The lowest BCUT2D eigenvalue weighted by Gasteiger charge is -2.18. The van der Waals surface area contributed by atoms with Crippen molar-refractivity contribution >= 4 is 28.5 Å². The molecule has 152 valence electrons. The number of hydrogen-bond acceptors (Lipinski definition) is 5. The number of nitrogens with zero attached hydrogens (tertiary/aromatic N) is 2. The Balaban J connectivity index is 1.44. The minimum Gasteiger partial charge on any atom is -0.507 e. The van der Waals surface area contributed by atoms with E-state index >= 15 is 0 Å². The van der Waals surface area contributed by atoms with E-state index in [0.717, 1.165) is 30.5 Å². The highest BCUT2D eigenvalue weighted by Gasteiger charge is 2.30. The van der Waals surface area contributed by atoms with Crippen LogP contribution in [0.3, 0.4) is 0 Å². The second-order valence-corrected chi connectivity index (χ2v) is 7.58. The van der Waals surface area contributed by atoms with Crippen molar-refractivity contribution in [3.63, 3.8) is 0 Å². The van der Waals surface area contributed by atoms with Crippen LogP contribution in [0.4, 0.5) is 10.5 Å². The van der Waals surface area contributed by atoms with Gasteiger partial charge in [-0.25, -0.2) is 4.79 Å². The molecule has 3 amide bonds. The molecule has 5 rings (SSSR count). The maximum absolute atomic E-state index is 12.4. The van der Waals surface area contributed by atoms with E-state index in [1.165, 1.54) is 12.1 Å². The molecule has 4 N–H and O–H groups in total. The fraction of sp³-hybridized carbons (Fsp3) is 0.227. The molecule has 1 aliphatic carbocycles. The van der Waals surface area contributed by atoms with Crippen LogP contribution in [0.15, 0.2) is 42.6 Å². The minimum atomic E-state index is -0.730. The third-order valence-electron chi connectivity index (χ3n) is 5.41. The Morgan fingerprint density at radius 2 is 2.03 bits per heavy atom. The van der Waals surface area contributed by atoms with Crippen LogP contribution in [0.25, 0.3) is 10.9 Å². The number of aromatic nitrogens is 1. The van der Waals surface area contributed by atoms with Crippen LogP contribution in [0.5, 0.6) is 17.2 Å². The second-order valence-electron chi connectivity index (χ2n) is 7.58. The summed E-state index contributed by atoms with van der Waals surface area (Å²) in [6.07, 6.45) is 4.42. The summed E-state index contributed by atoms with van der Waals surface area (Å²) >= 11 is 0. The zero-order chi connectivity index (χ0) is 20.8. The Labute approximate surface area is 172 Å². The number of ether oxygens (including phenoxy) is 1. The van der Waals surface area contributed by atoms with E-state index in [1.807, 2.05) is 18.2 Å². The third kappa shape index (κ3) is 3.26. The average Bonchev–Trinajstić information content (AvgIpc) is 3.43. The average molecular weight is 404 g/mol. The molecule has 2 aliphatic rings. The van der Waals surface area contributed by atoms with E-state index in [1.54, 1.807) is 17.2 Å². The molecular formula is C22H20N4O4. The van der Waals surface area contributed by atoms with Gasteiger partial charge in [0.05, 0.1) is 11.1 Å². The molecule has 0 atom stereocenters. The van der Waals surface area contributed by atoms with Crippen LogP contribution < -0.4 is 20.7 Å². The number of nitrogens with one attached hydrogen (secondary N) is 1. The molecule has 1 saturated carbocycles. The molecule has 8 nitrogen and oxygen atoms in total. The molecule has 1 aromatic heterocycles. The monoisotopic (exact) mass is 404 g/mol. The van der Waals surface area contributed by atoms with Gasteiger partial charge in [0, 0.05) is 35.9 Å². The number of amides is 3. The Kier molecular flexibility index (Phi) is 4.20. The molecule has 2 aromatic carbocycles. The highest BCUT2D eigenvalue weighted by atomic mass is 16.5. The van der Waals surface area contributed by atoms with E-state index in [2.05, 4.69) is 10.3 Å². The van der Waals surface area contributed by atoms with Crippen LogP contribution in [-0.2, 0) is 6.42 Å².